The monoisotopic (exact) mass is 344 g/mol. The van der Waals surface area contributed by atoms with E-state index in [0.717, 1.165) is 11.1 Å². The van der Waals surface area contributed by atoms with Crippen LogP contribution in [0.2, 0.25) is 0 Å². The Labute approximate surface area is 147 Å². The maximum Gasteiger partial charge on any atom is 0.160 e. The van der Waals surface area contributed by atoms with Crippen molar-refractivity contribution in [3.63, 3.8) is 0 Å². The average Bonchev–Trinajstić information content (AvgIpc) is 2.91. The van der Waals surface area contributed by atoms with Crippen LogP contribution in [0, 0.1) is 11.8 Å². The molecule has 1 saturated heterocycles. The van der Waals surface area contributed by atoms with Gasteiger partial charge in [0.15, 0.2) is 23.0 Å². The van der Waals surface area contributed by atoms with Crippen LogP contribution in [0.5, 0.6) is 23.0 Å². The van der Waals surface area contributed by atoms with Crippen molar-refractivity contribution in [3.8, 4) is 23.0 Å². The summed E-state index contributed by atoms with van der Waals surface area (Å²) in [5.74, 6) is 1.67. The molecule has 1 fully saturated rings. The van der Waals surface area contributed by atoms with Crippen molar-refractivity contribution in [1.82, 2.24) is 0 Å². The van der Waals surface area contributed by atoms with Gasteiger partial charge in [-0.05, 0) is 47.2 Å². The van der Waals surface area contributed by atoms with Crippen molar-refractivity contribution >= 4 is 0 Å². The van der Waals surface area contributed by atoms with Crippen LogP contribution in [-0.2, 0) is 4.74 Å². The molecule has 1 aliphatic heterocycles. The summed E-state index contributed by atoms with van der Waals surface area (Å²) < 4.78 is 16.8. The fourth-order valence-corrected chi connectivity index (χ4v) is 3.46. The minimum Gasteiger partial charge on any atom is -0.504 e. The van der Waals surface area contributed by atoms with Gasteiger partial charge in [-0.3, -0.25) is 0 Å². The summed E-state index contributed by atoms with van der Waals surface area (Å²) in [5, 5.41) is 19.6. The number of benzene rings is 2. The molecule has 0 radical (unpaired) electrons. The minimum absolute atomic E-state index is 0.103. The van der Waals surface area contributed by atoms with Gasteiger partial charge in [-0.15, -0.1) is 0 Å². The number of hydrogen-bond donors (Lipinski definition) is 2. The first-order valence-electron chi connectivity index (χ1n) is 8.35. The summed E-state index contributed by atoms with van der Waals surface area (Å²) >= 11 is 0. The molecule has 0 saturated carbocycles. The molecule has 5 nitrogen and oxygen atoms in total. The van der Waals surface area contributed by atoms with Gasteiger partial charge in [-0.2, -0.15) is 0 Å². The zero-order valence-electron chi connectivity index (χ0n) is 14.9. The van der Waals surface area contributed by atoms with Gasteiger partial charge in [0.1, 0.15) is 0 Å². The van der Waals surface area contributed by atoms with Gasteiger partial charge in [-0.25, -0.2) is 0 Å². The van der Waals surface area contributed by atoms with Crippen LogP contribution in [0.25, 0.3) is 0 Å². The molecule has 0 bridgehead atoms. The third-order valence-corrected chi connectivity index (χ3v) is 5.14. The van der Waals surface area contributed by atoms with Crippen molar-refractivity contribution in [3.05, 3.63) is 47.5 Å². The van der Waals surface area contributed by atoms with E-state index >= 15 is 0 Å². The van der Waals surface area contributed by atoms with E-state index in [0.29, 0.717) is 11.5 Å². The highest BCUT2D eigenvalue weighted by molar-refractivity contribution is 5.44. The molecular weight excluding hydrogens is 320 g/mol. The quantitative estimate of drug-likeness (QED) is 0.870. The topological polar surface area (TPSA) is 68.2 Å². The van der Waals surface area contributed by atoms with E-state index < -0.39 is 0 Å². The van der Waals surface area contributed by atoms with Crippen LogP contribution >= 0.6 is 0 Å². The van der Waals surface area contributed by atoms with Crippen LogP contribution in [0.1, 0.15) is 37.2 Å². The van der Waals surface area contributed by atoms with E-state index in [-0.39, 0.29) is 35.5 Å². The zero-order chi connectivity index (χ0) is 18.1. The third kappa shape index (κ3) is 3.12. The number of phenolic OH excluding ortho intramolecular Hbond substituents is 2. The Kier molecular flexibility index (Phi) is 4.77. The Hall–Kier alpha value is -2.40. The van der Waals surface area contributed by atoms with E-state index in [1.165, 1.54) is 14.2 Å². The highest BCUT2D eigenvalue weighted by Crippen LogP contribution is 2.50. The maximum absolute atomic E-state index is 9.81. The molecule has 134 valence electrons. The van der Waals surface area contributed by atoms with Gasteiger partial charge < -0.3 is 24.4 Å². The fraction of sp³-hybridized carbons (Fsp3) is 0.400. The second kappa shape index (κ2) is 6.84. The van der Waals surface area contributed by atoms with Crippen LogP contribution in [-0.4, -0.2) is 24.4 Å². The van der Waals surface area contributed by atoms with Crippen LogP contribution in [0.15, 0.2) is 36.4 Å². The van der Waals surface area contributed by atoms with E-state index in [1.807, 2.05) is 24.3 Å². The fourth-order valence-electron chi connectivity index (χ4n) is 3.46. The third-order valence-electron chi connectivity index (χ3n) is 5.14. The summed E-state index contributed by atoms with van der Waals surface area (Å²) in [6.45, 7) is 4.32. The number of aromatic hydroxyl groups is 2. The first kappa shape index (κ1) is 17.4. The van der Waals surface area contributed by atoms with E-state index in [1.54, 1.807) is 12.1 Å². The lowest BCUT2D eigenvalue weighted by atomic mass is 9.85. The highest BCUT2D eigenvalue weighted by Gasteiger charge is 2.41. The minimum atomic E-state index is -0.103. The smallest absolute Gasteiger partial charge is 0.160 e. The molecule has 4 atom stereocenters. The number of rotatable bonds is 4. The van der Waals surface area contributed by atoms with Crippen LogP contribution in [0.4, 0.5) is 0 Å². The van der Waals surface area contributed by atoms with Crippen LogP contribution < -0.4 is 9.47 Å². The van der Waals surface area contributed by atoms with E-state index in [9.17, 15) is 10.2 Å². The molecule has 2 aromatic rings. The Morgan fingerprint density at radius 1 is 0.760 bits per heavy atom. The van der Waals surface area contributed by atoms with Crippen molar-refractivity contribution in [2.24, 2.45) is 11.8 Å². The number of methoxy groups -OCH3 is 2. The normalized spacial score (nSPS) is 25.8. The van der Waals surface area contributed by atoms with E-state index in [2.05, 4.69) is 13.8 Å². The van der Waals surface area contributed by atoms with E-state index in [4.69, 9.17) is 14.2 Å². The first-order valence-corrected chi connectivity index (χ1v) is 8.35. The average molecular weight is 344 g/mol. The maximum atomic E-state index is 9.81. The molecule has 0 spiro atoms. The van der Waals surface area contributed by atoms with Gasteiger partial charge >= 0.3 is 0 Å². The Balaban J connectivity index is 1.91. The largest absolute Gasteiger partial charge is 0.504 e. The Morgan fingerprint density at radius 3 is 1.52 bits per heavy atom. The van der Waals surface area contributed by atoms with Gasteiger partial charge in [0.25, 0.3) is 0 Å². The van der Waals surface area contributed by atoms with Crippen LogP contribution in [0.3, 0.4) is 0 Å². The van der Waals surface area contributed by atoms with Crippen molar-refractivity contribution < 1.29 is 24.4 Å². The second-order valence-corrected chi connectivity index (χ2v) is 6.56. The molecule has 2 N–H and O–H groups in total. The lowest BCUT2D eigenvalue weighted by Crippen LogP contribution is -2.10. The molecule has 0 unspecified atom stereocenters. The number of ether oxygens (including phenoxy) is 3. The summed E-state index contributed by atoms with van der Waals surface area (Å²) in [5.41, 5.74) is 1.95. The predicted molar refractivity (Wildman–Crippen MR) is 94.2 cm³/mol. The van der Waals surface area contributed by atoms with Gasteiger partial charge in [0.05, 0.1) is 26.4 Å². The van der Waals surface area contributed by atoms with Crippen molar-refractivity contribution in [2.75, 3.05) is 14.2 Å². The van der Waals surface area contributed by atoms with Gasteiger partial charge in [-0.1, -0.05) is 26.0 Å². The molecule has 0 amide bonds. The highest BCUT2D eigenvalue weighted by atomic mass is 16.5. The molecule has 1 aliphatic rings. The lowest BCUT2D eigenvalue weighted by molar-refractivity contribution is 0.0288. The predicted octanol–water partition coefficient (Wildman–Crippen LogP) is 4.20. The lowest BCUT2D eigenvalue weighted by Gasteiger charge is -2.18. The summed E-state index contributed by atoms with van der Waals surface area (Å²) in [6, 6.07) is 10.6. The molecule has 25 heavy (non-hydrogen) atoms. The standard InChI is InChI=1S/C20H24O5/c1-11-12(2)20(14-6-8-16(22)18(10-14)24-4)25-19(11)13-5-7-15(21)17(9-13)23-3/h5-12,19-22H,1-4H3/t11-,12-,19-,20-/m1/s1. The summed E-state index contributed by atoms with van der Waals surface area (Å²) in [4.78, 5) is 0. The van der Waals surface area contributed by atoms with Gasteiger partial charge in [0, 0.05) is 0 Å². The molecule has 2 aromatic carbocycles. The molecular formula is C20H24O5. The summed E-state index contributed by atoms with van der Waals surface area (Å²) in [7, 11) is 3.07. The molecule has 0 aromatic heterocycles. The van der Waals surface area contributed by atoms with Gasteiger partial charge in [0.2, 0.25) is 0 Å². The zero-order valence-corrected chi connectivity index (χ0v) is 14.9. The number of hydrogen-bond acceptors (Lipinski definition) is 5. The second-order valence-electron chi connectivity index (χ2n) is 6.56. The number of phenols is 2. The molecule has 1 heterocycles. The molecule has 5 heteroatoms. The van der Waals surface area contributed by atoms with Crippen molar-refractivity contribution in [1.29, 1.82) is 0 Å². The van der Waals surface area contributed by atoms with Crippen molar-refractivity contribution in [2.45, 2.75) is 26.1 Å². The Bertz CT molecular complexity index is 694. The molecule has 3 rings (SSSR count). The SMILES string of the molecule is COc1cc([C@@H]2O[C@@H](c3ccc(O)c(OC)c3)[C@H](C)[C@H]2C)ccc1O. The molecule has 0 aliphatic carbocycles. The Morgan fingerprint density at radius 2 is 1.16 bits per heavy atom. The summed E-state index contributed by atoms with van der Waals surface area (Å²) in [6.07, 6.45) is -0.205. The first-order chi connectivity index (χ1) is 12.0.